The summed E-state index contributed by atoms with van der Waals surface area (Å²) in [6.07, 6.45) is 3.49. The molecule has 0 bridgehead atoms. The third-order valence-corrected chi connectivity index (χ3v) is 5.67. The van der Waals surface area contributed by atoms with Gasteiger partial charge in [0.25, 0.3) is 5.91 Å². The number of carbonyl (C=O) groups excluding carboxylic acids is 1. The van der Waals surface area contributed by atoms with Crippen LogP contribution < -0.4 is 4.90 Å². The molecule has 31 heavy (non-hydrogen) atoms. The zero-order valence-corrected chi connectivity index (χ0v) is 17.0. The number of aromatic nitrogens is 2. The molecule has 2 aromatic carbocycles. The third-order valence-electron chi connectivity index (χ3n) is 5.67. The van der Waals surface area contributed by atoms with Crippen LogP contribution in [0.15, 0.2) is 79.1 Å². The molecule has 3 heterocycles. The number of nitrogens with zero attached hydrogens (tertiary/aromatic N) is 4. The fourth-order valence-corrected chi connectivity index (χ4v) is 4.04. The minimum absolute atomic E-state index is 0.0132. The Labute approximate surface area is 180 Å². The van der Waals surface area contributed by atoms with Crippen LogP contribution in [-0.2, 0) is 0 Å². The van der Waals surface area contributed by atoms with E-state index in [1.54, 1.807) is 24.5 Å². The monoisotopic (exact) mass is 410 g/mol. The first-order valence-corrected chi connectivity index (χ1v) is 10.3. The van der Waals surface area contributed by atoms with Crippen LogP contribution >= 0.6 is 0 Å². The number of amides is 1. The first-order chi connectivity index (χ1) is 15.2. The molecule has 1 saturated heterocycles. The second-order valence-corrected chi connectivity index (χ2v) is 7.61. The second-order valence-electron chi connectivity index (χ2n) is 7.61. The molecule has 0 radical (unpaired) electrons. The molecular formula is C25H22N4O2. The highest BCUT2D eigenvalue weighted by molar-refractivity contribution is 6.07. The number of phenols is 1. The van der Waals surface area contributed by atoms with Gasteiger partial charge in [0, 0.05) is 61.3 Å². The van der Waals surface area contributed by atoms with Gasteiger partial charge in [0.05, 0.1) is 16.8 Å². The van der Waals surface area contributed by atoms with Crippen LogP contribution in [0.3, 0.4) is 0 Å². The lowest BCUT2D eigenvalue weighted by atomic mass is 10.0. The van der Waals surface area contributed by atoms with E-state index < -0.39 is 0 Å². The van der Waals surface area contributed by atoms with Crippen LogP contribution in [0, 0.1) is 0 Å². The van der Waals surface area contributed by atoms with Crippen LogP contribution in [0.1, 0.15) is 10.4 Å². The Kier molecular flexibility index (Phi) is 4.96. The third kappa shape index (κ3) is 3.80. The van der Waals surface area contributed by atoms with E-state index in [0.29, 0.717) is 31.7 Å². The van der Waals surface area contributed by atoms with Crippen molar-refractivity contribution in [3.05, 3.63) is 84.7 Å². The summed E-state index contributed by atoms with van der Waals surface area (Å²) in [6.45, 7) is 2.67. The van der Waals surface area contributed by atoms with E-state index in [4.69, 9.17) is 4.98 Å². The van der Waals surface area contributed by atoms with E-state index in [0.717, 1.165) is 27.8 Å². The molecule has 1 amide bonds. The number of phenolic OH excluding ortho intramolecular Hbond substituents is 1. The van der Waals surface area contributed by atoms with Gasteiger partial charge in [-0.25, -0.2) is 4.98 Å². The minimum atomic E-state index is 0.0132. The van der Waals surface area contributed by atoms with E-state index in [9.17, 15) is 9.90 Å². The standard InChI is InChI=1S/C25H22N4O2/c30-20-7-3-6-19(15-20)28-11-13-29(14-12-28)25(31)22-16-24(18-5-4-10-26-17-18)27-23-9-2-1-8-21(22)23/h1-10,15-17,30H,11-14H2. The molecule has 1 fully saturated rings. The number of aromatic hydroxyl groups is 1. The number of hydrogen-bond acceptors (Lipinski definition) is 5. The molecule has 1 N–H and O–H groups in total. The van der Waals surface area contributed by atoms with Gasteiger partial charge >= 0.3 is 0 Å². The van der Waals surface area contributed by atoms with Crippen molar-refractivity contribution < 1.29 is 9.90 Å². The number of rotatable bonds is 3. The highest BCUT2D eigenvalue weighted by atomic mass is 16.3. The number of para-hydroxylation sites is 1. The molecular weight excluding hydrogens is 388 g/mol. The first kappa shape index (κ1) is 19.1. The van der Waals surface area contributed by atoms with Gasteiger partial charge in [-0.05, 0) is 36.4 Å². The van der Waals surface area contributed by atoms with Crippen LogP contribution in [-0.4, -0.2) is 52.1 Å². The lowest BCUT2D eigenvalue weighted by molar-refractivity contribution is 0.0748. The topological polar surface area (TPSA) is 69.6 Å². The van der Waals surface area contributed by atoms with Crippen molar-refractivity contribution in [2.75, 3.05) is 31.1 Å². The zero-order valence-electron chi connectivity index (χ0n) is 17.0. The molecule has 0 aliphatic carbocycles. The van der Waals surface area contributed by atoms with Gasteiger partial charge in [0.2, 0.25) is 0 Å². The summed E-state index contributed by atoms with van der Waals surface area (Å²) in [6, 6.07) is 20.7. The highest BCUT2D eigenvalue weighted by Gasteiger charge is 2.24. The number of anilines is 1. The summed E-state index contributed by atoms with van der Waals surface area (Å²) in [4.78, 5) is 26.5. The Morgan fingerprint density at radius 3 is 2.52 bits per heavy atom. The minimum Gasteiger partial charge on any atom is -0.508 e. The van der Waals surface area contributed by atoms with Crippen molar-refractivity contribution >= 4 is 22.5 Å². The summed E-state index contributed by atoms with van der Waals surface area (Å²) in [5.74, 6) is 0.265. The number of piperazine rings is 1. The van der Waals surface area contributed by atoms with Crippen molar-refractivity contribution in [3.63, 3.8) is 0 Å². The lowest BCUT2D eigenvalue weighted by Gasteiger charge is -2.36. The van der Waals surface area contributed by atoms with Crippen LogP contribution in [0.4, 0.5) is 5.69 Å². The second kappa shape index (κ2) is 8.07. The maximum Gasteiger partial charge on any atom is 0.254 e. The smallest absolute Gasteiger partial charge is 0.254 e. The fraction of sp³-hybridized carbons (Fsp3) is 0.160. The summed E-state index contributed by atoms with van der Waals surface area (Å²) in [5, 5.41) is 10.6. The van der Waals surface area contributed by atoms with Gasteiger partial charge in [-0.3, -0.25) is 9.78 Å². The molecule has 0 spiro atoms. The first-order valence-electron chi connectivity index (χ1n) is 10.3. The SMILES string of the molecule is O=C(c1cc(-c2cccnc2)nc2ccccc12)N1CCN(c2cccc(O)c2)CC1. The van der Waals surface area contributed by atoms with Crippen LogP contribution in [0.5, 0.6) is 5.75 Å². The van der Waals surface area contributed by atoms with Gasteiger partial charge in [-0.2, -0.15) is 0 Å². The van der Waals surface area contributed by atoms with Gasteiger partial charge in [-0.15, -0.1) is 0 Å². The average molecular weight is 410 g/mol. The number of pyridine rings is 2. The molecule has 4 aromatic rings. The number of hydrogen-bond donors (Lipinski definition) is 1. The highest BCUT2D eigenvalue weighted by Crippen LogP contribution is 2.27. The van der Waals surface area contributed by atoms with E-state index in [1.165, 1.54) is 0 Å². The molecule has 2 aromatic heterocycles. The summed E-state index contributed by atoms with van der Waals surface area (Å²) in [5.41, 5.74) is 4.06. The summed E-state index contributed by atoms with van der Waals surface area (Å²) < 4.78 is 0. The van der Waals surface area contributed by atoms with E-state index >= 15 is 0 Å². The quantitative estimate of drug-likeness (QED) is 0.554. The predicted octanol–water partition coefficient (Wildman–Crippen LogP) is 3.96. The predicted molar refractivity (Wildman–Crippen MR) is 121 cm³/mol. The Hall–Kier alpha value is -3.93. The largest absolute Gasteiger partial charge is 0.508 e. The van der Waals surface area contributed by atoms with E-state index in [-0.39, 0.29) is 11.7 Å². The molecule has 1 aliphatic rings. The number of carbonyl (C=O) groups is 1. The van der Waals surface area contributed by atoms with Crippen LogP contribution in [0.2, 0.25) is 0 Å². The molecule has 0 atom stereocenters. The summed E-state index contributed by atoms with van der Waals surface area (Å²) >= 11 is 0. The van der Waals surface area contributed by atoms with E-state index in [2.05, 4.69) is 9.88 Å². The molecule has 1 aliphatic heterocycles. The zero-order chi connectivity index (χ0) is 21.2. The molecule has 5 rings (SSSR count). The average Bonchev–Trinajstić information content (AvgIpc) is 2.83. The summed E-state index contributed by atoms with van der Waals surface area (Å²) in [7, 11) is 0. The van der Waals surface area contributed by atoms with Gasteiger partial charge < -0.3 is 14.9 Å². The van der Waals surface area contributed by atoms with Crippen molar-refractivity contribution in [2.24, 2.45) is 0 Å². The number of fused-ring (bicyclic) bond motifs is 1. The molecule has 0 unspecified atom stereocenters. The van der Waals surface area contributed by atoms with E-state index in [1.807, 2.05) is 59.5 Å². The van der Waals surface area contributed by atoms with Crippen molar-refractivity contribution in [1.29, 1.82) is 0 Å². The number of benzene rings is 2. The van der Waals surface area contributed by atoms with Crippen molar-refractivity contribution in [3.8, 4) is 17.0 Å². The molecule has 154 valence electrons. The Morgan fingerprint density at radius 1 is 0.903 bits per heavy atom. The lowest BCUT2D eigenvalue weighted by Crippen LogP contribution is -2.48. The van der Waals surface area contributed by atoms with Gasteiger partial charge in [0.1, 0.15) is 5.75 Å². The van der Waals surface area contributed by atoms with Gasteiger partial charge in [-0.1, -0.05) is 24.3 Å². The van der Waals surface area contributed by atoms with Crippen LogP contribution in [0.25, 0.3) is 22.2 Å². The Balaban J connectivity index is 1.43. The normalized spacial score (nSPS) is 14.1. The van der Waals surface area contributed by atoms with Crippen molar-refractivity contribution in [1.82, 2.24) is 14.9 Å². The Morgan fingerprint density at radius 2 is 1.74 bits per heavy atom. The maximum absolute atomic E-state index is 13.5. The molecule has 6 nitrogen and oxygen atoms in total. The van der Waals surface area contributed by atoms with Gasteiger partial charge in [0.15, 0.2) is 0 Å². The Bertz CT molecular complexity index is 1230. The molecule has 6 heteroatoms. The maximum atomic E-state index is 13.5. The van der Waals surface area contributed by atoms with Crippen molar-refractivity contribution in [2.45, 2.75) is 0 Å². The fourth-order valence-electron chi connectivity index (χ4n) is 4.04. The molecule has 0 saturated carbocycles.